The van der Waals surface area contributed by atoms with Crippen molar-refractivity contribution >= 4 is 33.1 Å². The summed E-state index contributed by atoms with van der Waals surface area (Å²) in [4.78, 5) is 24.4. The summed E-state index contributed by atoms with van der Waals surface area (Å²) in [6.45, 7) is 0.545. The first-order valence-electron chi connectivity index (χ1n) is 6.72. The Hall–Kier alpha value is -2.26. The number of carboxylic acids is 1. The summed E-state index contributed by atoms with van der Waals surface area (Å²) < 4.78 is 28.8. The van der Waals surface area contributed by atoms with E-state index < -0.39 is 45.4 Å². The van der Waals surface area contributed by atoms with Gasteiger partial charge in [-0.05, 0) is 6.42 Å². The van der Waals surface area contributed by atoms with Gasteiger partial charge in [-0.3, -0.25) is 4.79 Å². The minimum atomic E-state index is -1.53. The highest BCUT2D eigenvalue weighted by atomic mass is 32.1. The molecule has 1 atom stereocenters. The Morgan fingerprint density at radius 3 is 2.65 bits per heavy atom. The van der Waals surface area contributed by atoms with Crippen molar-refractivity contribution in [2.75, 3.05) is 18.0 Å². The van der Waals surface area contributed by atoms with Crippen LogP contribution in [0.2, 0.25) is 0 Å². The minimum absolute atomic E-state index is 0.223. The Morgan fingerprint density at radius 1 is 1.39 bits per heavy atom. The highest BCUT2D eigenvalue weighted by Gasteiger charge is 2.30. The van der Waals surface area contributed by atoms with Crippen molar-refractivity contribution < 1.29 is 23.8 Å². The molecule has 6 nitrogen and oxygen atoms in total. The number of phenols is 1. The van der Waals surface area contributed by atoms with Crippen molar-refractivity contribution in [3.05, 3.63) is 32.8 Å². The van der Waals surface area contributed by atoms with Crippen molar-refractivity contribution in [2.24, 2.45) is 5.73 Å². The fourth-order valence-electron chi connectivity index (χ4n) is 2.69. The molecule has 0 aliphatic carbocycles. The number of halogens is 2. The number of phenolic OH excluding ortho intramolecular Hbond substituents is 1. The molecule has 0 saturated carbocycles. The van der Waals surface area contributed by atoms with Gasteiger partial charge in [0.2, 0.25) is 5.43 Å². The second kappa shape index (κ2) is 5.43. The van der Waals surface area contributed by atoms with E-state index in [9.17, 15) is 23.5 Å². The highest BCUT2D eigenvalue weighted by molar-refractivity contribution is 7.16. The Labute approximate surface area is 132 Å². The number of carbonyl (C=O) groups is 1. The van der Waals surface area contributed by atoms with Gasteiger partial charge in [0, 0.05) is 24.5 Å². The van der Waals surface area contributed by atoms with Gasteiger partial charge in [-0.15, -0.1) is 11.3 Å². The smallest absolute Gasteiger partial charge is 0.340 e. The maximum atomic E-state index is 14.7. The van der Waals surface area contributed by atoms with E-state index in [4.69, 9.17) is 10.8 Å². The lowest BCUT2D eigenvalue weighted by Gasteiger charge is -2.21. The first-order valence-corrected chi connectivity index (χ1v) is 7.60. The number of aromatic hydroxyl groups is 1. The highest BCUT2D eigenvalue weighted by Crippen LogP contribution is 2.39. The lowest BCUT2D eigenvalue weighted by molar-refractivity contribution is 0.0696. The van der Waals surface area contributed by atoms with Crippen LogP contribution in [0.3, 0.4) is 0 Å². The van der Waals surface area contributed by atoms with E-state index in [2.05, 4.69) is 0 Å². The maximum absolute atomic E-state index is 14.7. The molecular formula is C14H12F2N2O4S. The average molecular weight is 342 g/mol. The fraction of sp³-hybridized carbons (Fsp3) is 0.286. The van der Waals surface area contributed by atoms with Gasteiger partial charge in [0.1, 0.15) is 11.3 Å². The molecule has 3 rings (SSSR count). The predicted octanol–water partition coefficient (Wildman–Crippen LogP) is 1.48. The molecule has 1 aromatic heterocycles. The van der Waals surface area contributed by atoms with Gasteiger partial charge >= 0.3 is 5.97 Å². The van der Waals surface area contributed by atoms with Crippen molar-refractivity contribution in [2.45, 2.75) is 12.5 Å². The fourth-order valence-corrected chi connectivity index (χ4v) is 3.64. The van der Waals surface area contributed by atoms with Gasteiger partial charge < -0.3 is 20.8 Å². The van der Waals surface area contributed by atoms with Crippen LogP contribution in [-0.2, 0) is 0 Å². The van der Waals surface area contributed by atoms with Crippen LogP contribution < -0.4 is 16.1 Å². The molecule has 0 amide bonds. The normalized spacial score (nSPS) is 17.9. The number of nitrogens with zero attached hydrogens (tertiary/aromatic N) is 1. The van der Waals surface area contributed by atoms with Crippen LogP contribution >= 0.6 is 11.3 Å². The van der Waals surface area contributed by atoms with Crippen LogP contribution in [0.15, 0.2) is 10.2 Å². The molecule has 1 aromatic carbocycles. The van der Waals surface area contributed by atoms with Gasteiger partial charge in [-0.2, -0.15) is 0 Å². The third-order valence-electron chi connectivity index (χ3n) is 3.82. The first-order chi connectivity index (χ1) is 10.8. The van der Waals surface area contributed by atoms with E-state index in [1.807, 2.05) is 0 Å². The zero-order chi connectivity index (χ0) is 16.9. The first kappa shape index (κ1) is 15.6. The number of hydrogen-bond acceptors (Lipinski definition) is 6. The number of benzene rings is 1. The van der Waals surface area contributed by atoms with E-state index in [0.717, 1.165) is 5.38 Å². The molecule has 2 aromatic rings. The Balaban J connectivity index is 2.33. The lowest BCUT2D eigenvalue weighted by Crippen LogP contribution is -2.28. The Bertz CT molecular complexity index is 883. The molecule has 2 heterocycles. The average Bonchev–Trinajstić information content (AvgIpc) is 2.90. The quantitative estimate of drug-likeness (QED) is 0.764. The number of anilines is 1. The number of aromatic carboxylic acids is 1. The van der Waals surface area contributed by atoms with Gasteiger partial charge in [0.05, 0.1) is 10.1 Å². The SMILES string of the molecule is NC1CCN(c2c(F)c(O)c3c(=O)c(C(=O)O)csc3c2F)C1. The Morgan fingerprint density at radius 2 is 2.09 bits per heavy atom. The molecule has 0 spiro atoms. The molecule has 1 unspecified atom stereocenters. The van der Waals surface area contributed by atoms with Gasteiger partial charge in [-0.25, -0.2) is 13.6 Å². The summed E-state index contributed by atoms with van der Waals surface area (Å²) in [5, 5.41) is 19.2. The van der Waals surface area contributed by atoms with Crippen LogP contribution in [0.4, 0.5) is 14.5 Å². The largest absolute Gasteiger partial charge is 0.504 e. The predicted molar refractivity (Wildman–Crippen MR) is 81.4 cm³/mol. The summed E-state index contributed by atoms with van der Waals surface area (Å²) in [6, 6.07) is -0.236. The van der Waals surface area contributed by atoms with Gasteiger partial charge in [-0.1, -0.05) is 0 Å². The molecule has 4 N–H and O–H groups in total. The van der Waals surface area contributed by atoms with E-state index in [-0.39, 0.29) is 17.3 Å². The molecule has 122 valence electrons. The molecule has 1 saturated heterocycles. The van der Waals surface area contributed by atoms with Gasteiger partial charge in [0.25, 0.3) is 0 Å². The second-order valence-electron chi connectivity index (χ2n) is 5.31. The van der Waals surface area contributed by atoms with Crippen LogP contribution in [0.1, 0.15) is 16.8 Å². The second-order valence-corrected chi connectivity index (χ2v) is 6.19. The zero-order valence-corrected chi connectivity index (χ0v) is 12.5. The van der Waals surface area contributed by atoms with Crippen LogP contribution in [0.5, 0.6) is 5.75 Å². The van der Waals surface area contributed by atoms with E-state index in [1.54, 1.807) is 0 Å². The van der Waals surface area contributed by atoms with Crippen molar-refractivity contribution in [3.8, 4) is 5.75 Å². The number of carboxylic acid groups (broad SMARTS) is 1. The summed E-state index contributed by atoms with van der Waals surface area (Å²) in [5.41, 5.74) is 3.52. The molecular weight excluding hydrogens is 330 g/mol. The topological polar surface area (TPSA) is 104 Å². The van der Waals surface area contributed by atoms with Crippen LogP contribution in [-0.4, -0.2) is 35.3 Å². The molecule has 0 bridgehead atoms. The van der Waals surface area contributed by atoms with E-state index in [0.29, 0.717) is 24.3 Å². The lowest BCUT2D eigenvalue weighted by atomic mass is 10.1. The summed E-state index contributed by atoms with van der Waals surface area (Å²) >= 11 is 0.629. The summed E-state index contributed by atoms with van der Waals surface area (Å²) in [7, 11) is 0. The molecule has 1 aliphatic rings. The number of nitrogens with two attached hydrogens (primary N) is 1. The van der Waals surface area contributed by atoms with E-state index in [1.165, 1.54) is 4.90 Å². The third kappa shape index (κ3) is 2.32. The standard InChI is InChI=1S/C14H12F2N2O4S/c15-8-10(18-2-1-5(17)3-18)9(16)13-7(12(8)20)11(19)6(4-23-13)14(21)22/h4-5,20H,1-3,17H2,(H,21,22). The Kier molecular flexibility index (Phi) is 3.69. The van der Waals surface area contributed by atoms with Crippen LogP contribution in [0.25, 0.3) is 10.1 Å². The molecule has 9 heteroatoms. The van der Waals surface area contributed by atoms with Crippen molar-refractivity contribution in [3.63, 3.8) is 0 Å². The van der Waals surface area contributed by atoms with Crippen molar-refractivity contribution in [1.82, 2.24) is 0 Å². The molecule has 1 fully saturated rings. The summed E-state index contributed by atoms with van der Waals surface area (Å²) in [6.07, 6.45) is 0.547. The third-order valence-corrected chi connectivity index (χ3v) is 4.80. The van der Waals surface area contributed by atoms with Crippen LogP contribution in [0, 0.1) is 11.6 Å². The number of fused-ring (bicyclic) bond motifs is 1. The number of rotatable bonds is 2. The molecule has 23 heavy (non-hydrogen) atoms. The van der Waals surface area contributed by atoms with E-state index >= 15 is 0 Å². The summed E-state index contributed by atoms with van der Waals surface area (Å²) in [5.74, 6) is -4.84. The molecule has 1 aliphatic heterocycles. The minimum Gasteiger partial charge on any atom is -0.504 e. The maximum Gasteiger partial charge on any atom is 0.340 e. The zero-order valence-electron chi connectivity index (χ0n) is 11.7. The van der Waals surface area contributed by atoms with Crippen molar-refractivity contribution in [1.29, 1.82) is 0 Å². The molecule has 0 radical (unpaired) electrons. The van der Waals surface area contributed by atoms with Gasteiger partial charge in [0.15, 0.2) is 17.4 Å². The monoisotopic (exact) mass is 342 g/mol. The number of hydrogen-bond donors (Lipinski definition) is 3.